The van der Waals surface area contributed by atoms with Gasteiger partial charge in [-0.2, -0.15) is 18.4 Å². The van der Waals surface area contributed by atoms with Gasteiger partial charge in [0.2, 0.25) is 5.82 Å². The van der Waals surface area contributed by atoms with Gasteiger partial charge in [-0.3, -0.25) is 14.9 Å². The summed E-state index contributed by atoms with van der Waals surface area (Å²) in [4.78, 5) is 13.7. The average molecular weight is 616 g/mol. The number of nitrogens with zero attached hydrogens (tertiary/aromatic N) is 6. The van der Waals surface area contributed by atoms with Crippen LogP contribution in [0.3, 0.4) is 0 Å². The Bertz CT molecular complexity index is 1770. The van der Waals surface area contributed by atoms with Crippen molar-refractivity contribution in [3.63, 3.8) is 0 Å². The number of nitriles is 1. The topological polar surface area (TPSA) is 113 Å². The maximum atomic E-state index is 13.1. The molecule has 3 aromatic heterocycles. The van der Waals surface area contributed by atoms with Crippen LogP contribution in [0.25, 0.3) is 11.4 Å². The van der Waals surface area contributed by atoms with Crippen molar-refractivity contribution in [3.05, 3.63) is 82.7 Å². The van der Waals surface area contributed by atoms with Crippen molar-refractivity contribution < 1.29 is 22.6 Å². The highest BCUT2D eigenvalue weighted by molar-refractivity contribution is 5.55. The van der Waals surface area contributed by atoms with E-state index in [1.165, 1.54) is 6.20 Å². The van der Waals surface area contributed by atoms with Gasteiger partial charge in [-0.15, -0.1) is 10.2 Å². The number of hydrogen-bond acceptors (Lipinski definition) is 8. The number of hydrogen-bond donors (Lipinski definition) is 1. The zero-order chi connectivity index (χ0) is 31.4. The van der Waals surface area contributed by atoms with Crippen molar-refractivity contribution in [2.45, 2.75) is 70.4 Å². The van der Waals surface area contributed by atoms with Crippen molar-refractivity contribution in [2.75, 3.05) is 13.1 Å². The predicted octanol–water partition coefficient (Wildman–Crippen LogP) is 6.46. The number of aryl methyl sites for hydroxylation is 1. The fourth-order valence-corrected chi connectivity index (χ4v) is 6.26. The van der Waals surface area contributed by atoms with E-state index in [0.29, 0.717) is 18.5 Å². The van der Waals surface area contributed by atoms with Crippen LogP contribution in [0.1, 0.15) is 72.4 Å². The molecule has 4 aromatic rings. The maximum absolute atomic E-state index is 13.1. The molecule has 45 heavy (non-hydrogen) atoms. The molecule has 1 aliphatic carbocycles. The van der Waals surface area contributed by atoms with E-state index in [1.54, 1.807) is 12.3 Å². The highest BCUT2D eigenvalue weighted by Gasteiger charge is 2.44. The summed E-state index contributed by atoms with van der Waals surface area (Å²) in [5.41, 5.74) is 4.57. The molecule has 1 saturated heterocycles. The highest BCUT2D eigenvalue weighted by atomic mass is 19.4. The van der Waals surface area contributed by atoms with E-state index in [2.05, 4.69) is 42.2 Å². The number of rotatable bonds is 7. The summed E-state index contributed by atoms with van der Waals surface area (Å²) in [6.45, 7) is 6.10. The fourth-order valence-electron chi connectivity index (χ4n) is 6.26. The van der Waals surface area contributed by atoms with Crippen LogP contribution >= 0.6 is 0 Å². The molecule has 1 saturated carbocycles. The number of piperidine rings is 1. The van der Waals surface area contributed by atoms with E-state index in [9.17, 15) is 18.4 Å². The molecule has 3 aliphatic rings. The summed E-state index contributed by atoms with van der Waals surface area (Å²) in [5, 5.41) is 16.7. The second-order valence-corrected chi connectivity index (χ2v) is 12.5. The molecule has 9 nitrogen and oxygen atoms in total. The molecule has 1 unspecified atom stereocenters. The van der Waals surface area contributed by atoms with Gasteiger partial charge in [0.25, 0.3) is 5.79 Å². The second-order valence-electron chi connectivity index (χ2n) is 12.5. The number of alkyl halides is 3. The fraction of sp³-hybridized carbons (Fsp3) is 0.424. The number of fused-ring (bicyclic) bond motifs is 1. The van der Waals surface area contributed by atoms with E-state index in [4.69, 9.17) is 9.47 Å². The van der Waals surface area contributed by atoms with Crippen LogP contribution in [-0.4, -0.2) is 43.1 Å². The third-order valence-corrected chi connectivity index (χ3v) is 9.16. The van der Waals surface area contributed by atoms with Crippen LogP contribution in [0.5, 0.6) is 11.5 Å². The number of H-pyrrole nitrogens is 1. The number of pyridine rings is 2. The number of halogens is 3. The number of para-hydroxylation sites is 1. The Balaban J connectivity index is 1.06. The lowest BCUT2D eigenvalue weighted by molar-refractivity contribution is -0.144. The Morgan fingerprint density at radius 3 is 2.53 bits per heavy atom. The second kappa shape index (κ2) is 10.8. The Labute approximate surface area is 258 Å². The van der Waals surface area contributed by atoms with Crippen LogP contribution in [0.15, 0.2) is 48.8 Å². The van der Waals surface area contributed by atoms with Gasteiger partial charge in [0.1, 0.15) is 0 Å². The molecule has 0 bridgehead atoms. The van der Waals surface area contributed by atoms with Gasteiger partial charge in [0.15, 0.2) is 17.3 Å². The molecular weight excluding hydrogens is 583 g/mol. The van der Waals surface area contributed by atoms with Crippen molar-refractivity contribution in [2.24, 2.45) is 5.41 Å². The number of ether oxygens (including phenoxy) is 2. The van der Waals surface area contributed by atoms with E-state index in [0.717, 1.165) is 78.4 Å². The molecule has 0 radical (unpaired) electrons. The number of likely N-dealkylation sites (tertiary alicyclic amines) is 1. The summed E-state index contributed by atoms with van der Waals surface area (Å²) >= 11 is 0. The van der Waals surface area contributed by atoms with Gasteiger partial charge in [-0.05, 0) is 87.9 Å². The smallest absolute Gasteiger partial charge is 0.444 e. The van der Waals surface area contributed by atoms with Crippen LogP contribution in [0, 0.1) is 23.7 Å². The van der Waals surface area contributed by atoms with Crippen LogP contribution in [0.4, 0.5) is 13.2 Å². The molecule has 5 heterocycles. The molecule has 12 heteroatoms. The molecule has 7 rings (SSSR count). The lowest BCUT2D eigenvalue weighted by atomic mass is 9.88. The summed E-state index contributed by atoms with van der Waals surface area (Å²) in [7, 11) is 0. The molecule has 2 fully saturated rings. The standard InChI is InChI=1S/C33H32F3N7O2/c1-20-6-7-24(17-38-20)31(2)44-27-5-3-4-25(28(27)45-31)21-8-12-43(13-9-21)18-26-22(15-32(19-37)10-11-32)14-23(16-39-26)29-40-30(42-41-29)33(34,35)36/h3-7,14,16-17,21H,8-13,15,18H2,1-2H3,(H,40,41,42). The quantitative estimate of drug-likeness (QED) is 0.252. The van der Waals surface area contributed by atoms with Gasteiger partial charge >= 0.3 is 6.18 Å². The first-order chi connectivity index (χ1) is 21.5. The van der Waals surface area contributed by atoms with E-state index < -0.39 is 23.2 Å². The minimum Gasteiger partial charge on any atom is -0.444 e. The van der Waals surface area contributed by atoms with Crippen molar-refractivity contribution in [1.29, 1.82) is 5.26 Å². The van der Waals surface area contributed by atoms with Gasteiger partial charge in [-0.25, -0.2) is 0 Å². The Morgan fingerprint density at radius 1 is 1.07 bits per heavy atom. The molecule has 0 amide bonds. The first-order valence-corrected chi connectivity index (χ1v) is 15.1. The van der Waals surface area contributed by atoms with E-state index in [-0.39, 0.29) is 11.7 Å². The maximum Gasteiger partial charge on any atom is 0.451 e. The molecule has 232 valence electrons. The zero-order valence-electron chi connectivity index (χ0n) is 25.0. The minimum atomic E-state index is -4.62. The number of aromatic nitrogens is 5. The largest absolute Gasteiger partial charge is 0.451 e. The van der Waals surface area contributed by atoms with Gasteiger partial charge < -0.3 is 14.5 Å². The molecule has 1 N–H and O–H groups in total. The first kappa shape index (κ1) is 29.2. The highest BCUT2D eigenvalue weighted by Crippen LogP contribution is 2.50. The van der Waals surface area contributed by atoms with Crippen LogP contribution in [0.2, 0.25) is 0 Å². The molecule has 0 spiro atoms. The van der Waals surface area contributed by atoms with Gasteiger partial charge in [-0.1, -0.05) is 12.1 Å². The minimum absolute atomic E-state index is 0.00146. The molecule has 1 atom stereocenters. The third kappa shape index (κ3) is 5.73. The lowest BCUT2D eigenvalue weighted by Crippen LogP contribution is -2.33. The van der Waals surface area contributed by atoms with E-state index in [1.807, 2.05) is 38.1 Å². The number of nitrogens with one attached hydrogen (secondary N) is 1. The Kier molecular flexibility index (Phi) is 7.04. The average Bonchev–Trinajstić information content (AvgIpc) is 3.42. The number of aromatic amines is 1. The van der Waals surface area contributed by atoms with E-state index >= 15 is 0 Å². The molecule has 2 aliphatic heterocycles. The van der Waals surface area contributed by atoms with Crippen LogP contribution < -0.4 is 9.47 Å². The van der Waals surface area contributed by atoms with Crippen LogP contribution in [-0.2, 0) is 24.9 Å². The normalized spacial score (nSPS) is 21.1. The number of benzene rings is 1. The Morgan fingerprint density at radius 2 is 1.87 bits per heavy atom. The zero-order valence-corrected chi connectivity index (χ0v) is 25.0. The molecular formula is C33H32F3N7O2. The SMILES string of the molecule is Cc1ccc(C2(C)Oc3cccc(C4CCN(Cc5ncc(-c6nnc(C(F)(F)F)[nH]6)cc5CC5(C#N)CC5)CC4)c3O2)cn1. The van der Waals surface area contributed by atoms with Gasteiger partial charge in [0.05, 0.1) is 22.7 Å². The van der Waals surface area contributed by atoms with Gasteiger partial charge in [0, 0.05) is 42.7 Å². The van der Waals surface area contributed by atoms with Crippen molar-refractivity contribution in [3.8, 4) is 29.0 Å². The monoisotopic (exact) mass is 615 g/mol. The Hall–Kier alpha value is -4.50. The van der Waals surface area contributed by atoms with Crippen molar-refractivity contribution in [1.82, 2.24) is 30.0 Å². The summed E-state index contributed by atoms with van der Waals surface area (Å²) in [6.07, 6.45) is 2.62. The first-order valence-electron chi connectivity index (χ1n) is 15.1. The summed E-state index contributed by atoms with van der Waals surface area (Å²) in [5.74, 6) is -0.300. The third-order valence-electron chi connectivity index (χ3n) is 9.16. The summed E-state index contributed by atoms with van der Waals surface area (Å²) in [6, 6.07) is 14.2. The van der Waals surface area contributed by atoms with Crippen molar-refractivity contribution >= 4 is 0 Å². The predicted molar refractivity (Wildman–Crippen MR) is 157 cm³/mol. The summed E-state index contributed by atoms with van der Waals surface area (Å²) < 4.78 is 52.1. The molecule has 1 aromatic carbocycles. The lowest BCUT2D eigenvalue weighted by Gasteiger charge is -2.33.